The summed E-state index contributed by atoms with van der Waals surface area (Å²) in [6.07, 6.45) is 0. The Morgan fingerprint density at radius 3 is 2.29 bits per heavy atom. The number of para-hydroxylation sites is 1. The maximum absolute atomic E-state index is 5.80. The van der Waals surface area contributed by atoms with Gasteiger partial charge in [-0.15, -0.1) is 5.56 Å². The normalized spacial score (nSPS) is 9.14. The fourth-order valence-corrected chi connectivity index (χ4v) is 1.32. The van der Waals surface area contributed by atoms with Crippen LogP contribution in [0.5, 0.6) is 0 Å². The second-order valence-corrected chi connectivity index (χ2v) is 2.86. The number of hydrogen-bond acceptors (Lipinski definition) is 1. The quantitative estimate of drug-likeness (QED) is 0.617. The van der Waals surface area contributed by atoms with Crippen LogP contribution >= 0.6 is 0 Å². The minimum atomic E-state index is 0. The molecule has 0 amide bonds. The monoisotopic (exact) mass is 257 g/mol. The first kappa shape index (κ1) is 11.4. The van der Waals surface area contributed by atoms with Gasteiger partial charge in [0.1, 0.15) is 0 Å². The predicted molar refractivity (Wildman–Crippen MR) is 55.1 cm³/mol. The van der Waals surface area contributed by atoms with Crippen molar-refractivity contribution in [2.24, 2.45) is 0 Å². The molecule has 0 atom stereocenters. The molecule has 0 bridgehead atoms. The fourth-order valence-electron chi connectivity index (χ4n) is 1.32. The summed E-state index contributed by atoms with van der Waals surface area (Å²) in [7, 11) is 0. The van der Waals surface area contributed by atoms with Crippen molar-refractivity contribution in [1.29, 1.82) is 0 Å². The molecule has 2 aromatic carbocycles. The minimum absolute atomic E-state index is 0. The first-order chi connectivity index (χ1) is 6.38. The molecule has 0 fully saturated rings. The smallest absolute Gasteiger partial charge is 0 e. The standard InChI is InChI=1S/C12H10N.Y/c13-12-9-5-4-8-11(12)10-6-2-1-3-7-10;/h1-8H,13H2;/q-1;. The molecule has 0 spiro atoms. The van der Waals surface area contributed by atoms with Crippen molar-refractivity contribution in [2.75, 3.05) is 5.73 Å². The molecular weight excluding hydrogens is 247 g/mol. The van der Waals surface area contributed by atoms with Gasteiger partial charge in [0.15, 0.2) is 0 Å². The zero-order valence-electron chi connectivity index (χ0n) is 7.77. The van der Waals surface area contributed by atoms with E-state index in [9.17, 15) is 0 Å². The van der Waals surface area contributed by atoms with Gasteiger partial charge in [-0.05, 0) is 0 Å². The zero-order valence-corrected chi connectivity index (χ0v) is 10.6. The Kier molecular flexibility index (Phi) is 4.31. The van der Waals surface area contributed by atoms with E-state index in [1.807, 2.05) is 48.5 Å². The van der Waals surface area contributed by atoms with Crippen molar-refractivity contribution in [2.45, 2.75) is 0 Å². The van der Waals surface area contributed by atoms with Crippen LogP contribution in [0.15, 0.2) is 48.5 Å². The van der Waals surface area contributed by atoms with Crippen LogP contribution in [0.1, 0.15) is 0 Å². The summed E-state index contributed by atoms with van der Waals surface area (Å²) in [6, 6.07) is 18.8. The number of benzene rings is 2. The van der Waals surface area contributed by atoms with Crippen LogP contribution in [0.2, 0.25) is 0 Å². The molecule has 0 aliphatic heterocycles. The number of nitrogen functional groups attached to an aromatic ring is 1. The van der Waals surface area contributed by atoms with E-state index in [1.54, 1.807) is 0 Å². The second kappa shape index (κ2) is 5.28. The van der Waals surface area contributed by atoms with E-state index in [-0.39, 0.29) is 32.7 Å². The van der Waals surface area contributed by atoms with Gasteiger partial charge >= 0.3 is 0 Å². The Morgan fingerprint density at radius 2 is 1.64 bits per heavy atom. The minimum Gasteiger partial charge on any atom is -0.419 e. The summed E-state index contributed by atoms with van der Waals surface area (Å²) in [5, 5.41) is 0. The van der Waals surface area contributed by atoms with Gasteiger partial charge in [0.05, 0.1) is 0 Å². The first-order valence-corrected chi connectivity index (χ1v) is 4.19. The molecule has 2 rings (SSSR count). The summed E-state index contributed by atoms with van der Waals surface area (Å²) >= 11 is 0. The van der Waals surface area contributed by atoms with Crippen LogP contribution in [-0.2, 0) is 32.7 Å². The van der Waals surface area contributed by atoms with Crippen molar-refractivity contribution in [3.05, 3.63) is 54.6 Å². The molecule has 2 N–H and O–H groups in total. The van der Waals surface area contributed by atoms with Gasteiger partial charge in [-0.3, -0.25) is 0 Å². The Bertz CT molecular complexity index is 398. The first-order valence-electron chi connectivity index (χ1n) is 4.19. The maximum atomic E-state index is 5.80. The van der Waals surface area contributed by atoms with Crippen molar-refractivity contribution in [3.63, 3.8) is 0 Å². The molecule has 0 heterocycles. The van der Waals surface area contributed by atoms with Gasteiger partial charge in [0, 0.05) is 32.7 Å². The Hall–Kier alpha value is -0.656. The van der Waals surface area contributed by atoms with Crippen molar-refractivity contribution in [1.82, 2.24) is 0 Å². The third kappa shape index (κ3) is 2.43. The average Bonchev–Trinajstić information content (AvgIpc) is 2.20. The summed E-state index contributed by atoms with van der Waals surface area (Å²) < 4.78 is 0. The topological polar surface area (TPSA) is 26.0 Å². The second-order valence-electron chi connectivity index (χ2n) is 2.86. The zero-order chi connectivity index (χ0) is 9.10. The van der Waals surface area contributed by atoms with Gasteiger partial charge in [-0.1, -0.05) is 41.6 Å². The third-order valence-electron chi connectivity index (χ3n) is 1.97. The molecule has 2 aromatic rings. The maximum Gasteiger partial charge on any atom is 0 e. The van der Waals surface area contributed by atoms with Gasteiger partial charge < -0.3 is 5.73 Å². The molecular formula is C12H10NY-. The van der Waals surface area contributed by atoms with Crippen molar-refractivity contribution >= 4 is 5.69 Å². The van der Waals surface area contributed by atoms with Gasteiger partial charge in [0.2, 0.25) is 0 Å². The molecule has 1 nitrogen and oxygen atoms in total. The number of hydrogen-bond donors (Lipinski definition) is 1. The van der Waals surface area contributed by atoms with E-state index in [2.05, 4.69) is 6.07 Å². The van der Waals surface area contributed by atoms with Crippen LogP contribution in [0.4, 0.5) is 5.69 Å². The Balaban J connectivity index is 0.000000980. The van der Waals surface area contributed by atoms with Crippen LogP contribution < -0.4 is 5.73 Å². The number of nitrogens with two attached hydrogens (primary N) is 1. The third-order valence-corrected chi connectivity index (χ3v) is 1.97. The molecule has 0 unspecified atom stereocenters. The van der Waals surface area contributed by atoms with Gasteiger partial charge in [-0.2, -0.15) is 24.3 Å². The molecule has 0 saturated carbocycles. The van der Waals surface area contributed by atoms with E-state index in [1.165, 1.54) is 0 Å². The van der Waals surface area contributed by atoms with E-state index in [0.717, 1.165) is 11.1 Å². The number of anilines is 1. The largest absolute Gasteiger partial charge is 0.419 e. The molecule has 1 radical (unpaired) electrons. The van der Waals surface area contributed by atoms with E-state index < -0.39 is 0 Å². The molecule has 67 valence electrons. The van der Waals surface area contributed by atoms with Crippen LogP contribution in [-0.4, -0.2) is 0 Å². The molecule has 0 saturated heterocycles. The van der Waals surface area contributed by atoms with Crippen molar-refractivity contribution < 1.29 is 32.7 Å². The van der Waals surface area contributed by atoms with E-state index in [4.69, 9.17) is 5.73 Å². The van der Waals surface area contributed by atoms with Gasteiger partial charge in [-0.25, -0.2) is 0 Å². The molecule has 0 aliphatic rings. The summed E-state index contributed by atoms with van der Waals surface area (Å²) in [5.74, 6) is 0. The van der Waals surface area contributed by atoms with Crippen molar-refractivity contribution in [3.8, 4) is 11.1 Å². The molecule has 0 aromatic heterocycles. The van der Waals surface area contributed by atoms with Crippen LogP contribution in [0.25, 0.3) is 11.1 Å². The number of rotatable bonds is 1. The average molecular weight is 257 g/mol. The summed E-state index contributed by atoms with van der Waals surface area (Å²) in [4.78, 5) is 0. The summed E-state index contributed by atoms with van der Waals surface area (Å²) in [5.41, 5.74) is 8.68. The van der Waals surface area contributed by atoms with E-state index >= 15 is 0 Å². The van der Waals surface area contributed by atoms with Gasteiger partial charge in [0.25, 0.3) is 0 Å². The molecule has 2 heteroatoms. The van der Waals surface area contributed by atoms with Crippen LogP contribution in [0.3, 0.4) is 0 Å². The van der Waals surface area contributed by atoms with E-state index in [0.29, 0.717) is 5.69 Å². The SMILES string of the molecule is Nc1[c-]cccc1-c1ccccc1.[Y]. The fraction of sp³-hybridized carbons (Fsp3) is 0. The molecule has 14 heavy (non-hydrogen) atoms. The summed E-state index contributed by atoms with van der Waals surface area (Å²) in [6.45, 7) is 0. The Labute approximate surface area is 109 Å². The van der Waals surface area contributed by atoms with Crippen LogP contribution in [0, 0.1) is 6.07 Å². The predicted octanol–water partition coefficient (Wildman–Crippen LogP) is 2.73. The Morgan fingerprint density at radius 1 is 0.929 bits per heavy atom. The molecule has 0 aliphatic carbocycles.